The Morgan fingerprint density at radius 1 is 1.12 bits per heavy atom. The van der Waals surface area contributed by atoms with E-state index in [1.807, 2.05) is 4.57 Å². The van der Waals surface area contributed by atoms with Crippen molar-refractivity contribution in [2.75, 3.05) is 5.32 Å². The van der Waals surface area contributed by atoms with Crippen molar-refractivity contribution in [2.24, 2.45) is 11.1 Å². The van der Waals surface area contributed by atoms with Crippen molar-refractivity contribution < 1.29 is 13.2 Å². The van der Waals surface area contributed by atoms with Gasteiger partial charge in [0.25, 0.3) is 0 Å². The molecule has 176 valence electrons. The van der Waals surface area contributed by atoms with Gasteiger partial charge in [0.1, 0.15) is 0 Å². The number of primary sulfonamides is 1. The third kappa shape index (κ3) is 6.48. The van der Waals surface area contributed by atoms with Crippen molar-refractivity contribution in [3.05, 3.63) is 52.5 Å². The van der Waals surface area contributed by atoms with Crippen LogP contribution in [0.5, 0.6) is 0 Å². The van der Waals surface area contributed by atoms with Crippen molar-refractivity contribution in [2.45, 2.75) is 42.6 Å². The Bertz CT molecular complexity index is 1260. The zero-order valence-corrected chi connectivity index (χ0v) is 21.3. The fourth-order valence-corrected chi connectivity index (χ4v) is 4.83. The number of thioether (sulfide) groups is 1. The Hall–Kier alpha value is -2.11. The lowest BCUT2D eigenvalue weighted by Gasteiger charge is -2.16. The van der Waals surface area contributed by atoms with E-state index in [1.165, 1.54) is 36.0 Å². The summed E-state index contributed by atoms with van der Waals surface area (Å²) in [4.78, 5) is 12.7. The number of nitrogens with two attached hydrogens (primary N) is 1. The molecule has 1 aromatic heterocycles. The van der Waals surface area contributed by atoms with Gasteiger partial charge in [-0.25, -0.2) is 13.6 Å². The SMILES string of the molecule is CC(C)Cn1c(SC(C)C(=O)Nc2ccc(S(N)(=O)=O)cc2)nnc1-c1ccc(Cl)cc1Cl. The molecule has 8 nitrogen and oxygen atoms in total. The van der Waals surface area contributed by atoms with E-state index < -0.39 is 15.3 Å². The molecule has 33 heavy (non-hydrogen) atoms. The summed E-state index contributed by atoms with van der Waals surface area (Å²) in [7, 11) is -3.80. The van der Waals surface area contributed by atoms with Crippen LogP contribution in [0.2, 0.25) is 10.0 Å². The zero-order chi connectivity index (χ0) is 24.3. The lowest BCUT2D eigenvalue weighted by Crippen LogP contribution is -2.23. The number of sulfonamides is 1. The van der Waals surface area contributed by atoms with Gasteiger partial charge in [-0.2, -0.15) is 0 Å². The molecule has 2 aromatic carbocycles. The number of halogens is 2. The van der Waals surface area contributed by atoms with Gasteiger partial charge in [0.2, 0.25) is 15.9 Å². The van der Waals surface area contributed by atoms with Crippen LogP contribution in [-0.4, -0.2) is 34.3 Å². The van der Waals surface area contributed by atoms with Crippen LogP contribution in [-0.2, 0) is 21.4 Å². The highest BCUT2D eigenvalue weighted by atomic mass is 35.5. The summed E-state index contributed by atoms with van der Waals surface area (Å²) >= 11 is 13.7. The maximum Gasteiger partial charge on any atom is 0.238 e. The molecule has 1 heterocycles. The summed E-state index contributed by atoms with van der Waals surface area (Å²) in [6.07, 6.45) is 0. The van der Waals surface area contributed by atoms with Gasteiger partial charge in [-0.15, -0.1) is 10.2 Å². The van der Waals surface area contributed by atoms with Crippen molar-refractivity contribution in [1.82, 2.24) is 14.8 Å². The first kappa shape index (κ1) is 25.5. The molecule has 0 spiro atoms. The van der Waals surface area contributed by atoms with E-state index in [9.17, 15) is 13.2 Å². The zero-order valence-electron chi connectivity index (χ0n) is 18.1. The highest BCUT2D eigenvalue weighted by Crippen LogP contribution is 2.33. The molecule has 12 heteroatoms. The average Bonchev–Trinajstić information content (AvgIpc) is 3.09. The second-order valence-electron chi connectivity index (χ2n) is 7.75. The van der Waals surface area contributed by atoms with Crippen LogP contribution in [0.3, 0.4) is 0 Å². The number of nitrogens with one attached hydrogen (secondary N) is 1. The van der Waals surface area contributed by atoms with Gasteiger partial charge in [-0.3, -0.25) is 4.79 Å². The van der Waals surface area contributed by atoms with Crippen LogP contribution in [0.4, 0.5) is 5.69 Å². The van der Waals surface area contributed by atoms with Crippen LogP contribution < -0.4 is 10.5 Å². The van der Waals surface area contributed by atoms with Gasteiger partial charge in [-0.05, 0) is 55.3 Å². The highest BCUT2D eigenvalue weighted by Gasteiger charge is 2.22. The molecule has 3 rings (SSSR count). The molecule has 0 aliphatic carbocycles. The van der Waals surface area contributed by atoms with Crippen molar-refractivity contribution in [3.8, 4) is 11.4 Å². The van der Waals surface area contributed by atoms with Crippen LogP contribution in [0.25, 0.3) is 11.4 Å². The minimum atomic E-state index is -3.80. The Morgan fingerprint density at radius 3 is 2.36 bits per heavy atom. The number of aromatic nitrogens is 3. The monoisotopic (exact) mass is 527 g/mol. The number of nitrogens with zero attached hydrogens (tertiary/aromatic N) is 3. The van der Waals surface area contributed by atoms with Gasteiger partial charge < -0.3 is 9.88 Å². The molecule has 0 bridgehead atoms. The largest absolute Gasteiger partial charge is 0.325 e. The maximum atomic E-state index is 12.7. The second-order valence-corrected chi connectivity index (χ2v) is 11.5. The molecule has 1 atom stereocenters. The Morgan fingerprint density at radius 2 is 1.79 bits per heavy atom. The van der Waals surface area contributed by atoms with Crippen LogP contribution in [0.15, 0.2) is 52.5 Å². The number of anilines is 1. The first-order chi connectivity index (χ1) is 15.5. The summed E-state index contributed by atoms with van der Waals surface area (Å²) in [5.74, 6) is 0.624. The molecule has 3 N–H and O–H groups in total. The Kier molecular flexibility index (Phi) is 8.07. The smallest absolute Gasteiger partial charge is 0.238 e. The lowest BCUT2D eigenvalue weighted by atomic mass is 10.2. The summed E-state index contributed by atoms with van der Waals surface area (Å²) in [6, 6.07) is 10.8. The third-order valence-corrected chi connectivity index (χ3v) is 7.10. The molecule has 3 aromatic rings. The number of carbonyl (C=O) groups is 1. The predicted molar refractivity (Wildman–Crippen MR) is 132 cm³/mol. The fourth-order valence-electron chi connectivity index (χ4n) is 2.96. The predicted octanol–water partition coefficient (Wildman–Crippen LogP) is 4.67. The number of carbonyl (C=O) groups excluding carboxylic acids is 1. The summed E-state index contributed by atoms with van der Waals surface area (Å²) in [6.45, 7) is 6.53. The van der Waals surface area contributed by atoms with E-state index in [2.05, 4.69) is 29.4 Å². The van der Waals surface area contributed by atoms with E-state index >= 15 is 0 Å². The molecule has 0 aliphatic rings. The summed E-state index contributed by atoms with van der Waals surface area (Å²) in [5.41, 5.74) is 1.16. The normalized spacial score (nSPS) is 12.7. The van der Waals surface area contributed by atoms with E-state index in [0.717, 1.165) is 0 Å². The Labute approximate surface area is 206 Å². The van der Waals surface area contributed by atoms with Crippen molar-refractivity contribution >= 4 is 56.6 Å². The summed E-state index contributed by atoms with van der Waals surface area (Å²) < 4.78 is 24.7. The number of rotatable bonds is 8. The molecule has 0 saturated heterocycles. The molecular weight excluding hydrogens is 505 g/mol. The van der Waals surface area contributed by atoms with Gasteiger partial charge >= 0.3 is 0 Å². The molecule has 0 radical (unpaired) electrons. The lowest BCUT2D eigenvalue weighted by molar-refractivity contribution is -0.115. The van der Waals surface area contributed by atoms with Gasteiger partial charge in [-0.1, -0.05) is 48.8 Å². The molecule has 0 aliphatic heterocycles. The van der Waals surface area contributed by atoms with E-state index in [0.29, 0.717) is 44.7 Å². The quantitative estimate of drug-likeness (QED) is 0.410. The van der Waals surface area contributed by atoms with Crippen LogP contribution in [0.1, 0.15) is 20.8 Å². The molecule has 0 fully saturated rings. The number of benzene rings is 2. The van der Waals surface area contributed by atoms with Crippen molar-refractivity contribution in [1.29, 1.82) is 0 Å². The molecular formula is C21H23Cl2N5O3S2. The highest BCUT2D eigenvalue weighted by molar-refractivity contribution is 8.00. The minimum absolute atomic E-state index is 0.0295. The number of hydrogen-bond acceptors (Lipinski definition) is 6. The van der Waals surface area contributed by atoms with Gasteiger partial charge in [0.05, 0.1) is 15.2 Å². The van der Waals surface area contributed by atoms with Crippen LogP contribution in [0, 0.1) is 5.92 Å². The van der Waals surface area contributed by atoms with E-state index in [4.69, 9.17) is 28.3 Å². The number of hydrogen-bond donors (Lipinski definition) is 2. The third-order valence-electron chi connectivity index (χ3n) is 4.54. The topological polar surface area (TPSA) is 120 Å². The molecule has 0 saturated carbocycles. The summed E-state index contributed by atoms with van der Waals surface area (Å²) in [5, 5.41) is 17.6. The first-order valence-electron chi connectivity index (χ1n) is 9.94. The van der Waals surface area contributed by atoms with E-state index in [1.54, 1.807) is 25.1 Å². The average molecular weight is 528 g/mol. The van der Waals surface area contributed by atoms with Crippen LogP contribution >= 0.6 is 35.0 Å². The van der Waals surface area contributed by atoms with Gasteiger partial charge in [0, 0.05) is 22.8 Å². The maximum absolute atomic E-state index is 12.7. The first-order valence-corrected chi connectivity index (χ1v) is 13.1. The molecule has 1 unspecified atom stereocenters. The van der Waals surface area contributed by atoms with Crippen molar-refractivity contribution in [3.63, 3.8) is 0 Å². The second kappa shape index (κ2) is 10.4. The fraction of sp³-hybridized carbons (Fsp3) is 0.286. The molecule has 1 amide bonds. The van der Waals surface area contributed by atoms with Gasteiger partial charge in [0.15, 0.2) is 11.0 Å². The number of amides is 1. The minimum Gasteiger partial charge on any atom is -0.325 e. The van der Waals surface area contributed by atoms with E-state index in [-0.39, 0.29) is 10.8 Å². The standard InChI is InChI=1S/C21H23Cl2N5O3S2/c1-12(2)11-28-19(17-9-4-14(22)10-18(17)23)26-27-21(28)32-13(3)20(29)25-15-5-7-16(8-6-15)33(24,30)31/h4-10,12-13H,11H2,1-3H3,(H,25,29)(H2,24,30,31). The Balaban J connectivity index is 1.80.